The summed E-state index contributed by atoms with van der Waals surface area (Å²) >= 11 is 1.53. The smallest absolute Gasteiger partial charge is 0.423 e. The van der Waals surface area contributed by atoms with E-state index in [0.717, 1.165) is 10.6 Å². The summed E-state index contributed by atoms with van der Waals surface area (Å²) < 4.78 is 0. The SMILES string of the molecule is CSc1cc(C)c(B(O)O)cn1. The van der Waals surface area contributed by atoms with E-state index in [2.05, 4.69) is 4.98 Å². The molecule has 1 heterocycles. The largest absolute Gasteiger partial charge is 0.490 e. The van der Waals surface area contributed by atoms with Gasteiger partial charge in [-0.05, 0) is 24.8 Å². The normalized spacial score (nSPS) is 10.0. The minimum absolute atomic E-state index is 0.466. The number of nitrogens with zero attached hydrogens (tertiary/aromatic N) is 1. The first-order chi connectivity index (χ1) is 5.65. The molecule has 0 spiro atoms. The monoisotopic (exact) mass is 183 g/mol. The molecule has 0 aliphatic carbocycles. The molecule has 0 bridgehead atoms. The summed E-state index contributed by atoms with van der Waals surface area (Å²) in [5.74, 6) is 0. The lowest BCUT2D eigenvalue weighted by atomic mass is 9.79. The Hall–Kier alpha value is -0.515. The van der Waals surface area contributed by atoms with Gasteiger partial charge in [-0.1, -0.05) is 0 Å². The number of thioether (sulfide) groups is 1. The van der Waals surface area contributed by atoms with Gasteiger partial charge < -0.3 is 10.0 Å². The predicted octanol–water partition coefficient (Wildman–Crippen LogP) is -0.208. The van der Waals surface area contributed by atoms with Crippen LogP contribution in [0.4, 0.5) is 0 Å². The van der Waals surface area contributed by atoms with Crippen LogP contribution < -0.4 is 5.46 Å². The molecule has 64 valence electrons. The number of rotatable bonds is 2. The Balaban J connectivity index is 3.03. The molecule has 0 radical (unpaired) electrons. The summed E-state index contributed by atoms with van der Waals surface area (Å²) in [5.41, 5.74) is 1.32. The topological polar surface area (TPSA) is 53.4 Å². The third kappa shape index (κ3) is 2.00. The predicted molar refractivity (Wildman–Crippen MR) is 50.6 cm³/mol. The molecule has 0 saturated heterocycles. The fourth-order valence-electron chi connectivity index (χ4n) is 0.923. The van der Waals surface area contributed by atoms with Crippen molar-refractivity contribution in [3.63, 3.8) is 0 Å². The van der Waals surface area contributed by atoms with Crippen molar-refractivity contribution in [2.45, 2.75) is 11.9 Å². The third-order valence-electron chi connectivity index (χ3n) is 1.61. The lowest BCUT2D eigenvalue weighted by Gasteiger charge is -2.04. The summed E-state index contributed by atoms with van der Waals surface area (Å²) in [6.07, 6.45) is 3.42. The van der Waals surface area contributed by atoms with Gasteiger partial charge in [0.2, 0.25) is 0 Å². The Bertz CT molecular complexity index is 280. The van der Waals surface area contributed by atoms with Crippen molar-refractivity contribution in [2.24, 2.45) is 0 Å². The van der Waals surface area contributed by atoms with Crippen LogP contribution in [0.15, 0.2) is 17.3 Å². The van der Waals surface area contributed by atoms with E-state index in [1.807, 2.05) is 19.2 Å². The van der Waals surface area contributed by atoms with Gasteiger partial charge in [-0.2, -0.15) is 0 Å². The third-order valence-corrected chi connectivity index (χ3v) is 2.26. The van der Waals surface area contributed by atoms with Gasteiger partial charge in [0.1, 0.15) is 0 Å². The Labute approximate surface area is 76.0 Å². The first-order valence-corrected chi connectivity index (χ1v) is 4.74. The molecule has 0 saturated carbocycles. The lowest BCUT2D eigenvalue weighted by molar-refractivity contribution is 0.425. The fraction of sp³-hybridized carbons (Fsp3) is 0.286. The van der Waals surface area contributed by atoms with Crippen molar-refractivity contribution in [3.8, 4) is 0 Å². The summed E-state index contributed by atoms with van der Waals surface area (Å²) in [4.78, 5) is 4.02. The molecule has 5 heteroatoms. The molecule has 1 aromatic rings. The Morgan fingerprint density at radius 3 is 2.58 bits per heavy atom. The fourth-order valence-corrected chi connectivity index (χ4v) is 1.38. The first kappa shape index (κ1) is 9.57. The highest BCUT2D eigenvalue weighted by atomic mass is 32.2. The summed E-state index contributed by atoms with van der Waals surface area (Å²) in [7, 11) is -1.42. The van der Waals surface area contributed by atoms with Crippen molar-refractivity contribution in [2.75, 3.05) is 6.26 Å². The van der Waals surface area contributed by atoms with Crippen LogP contribution in [0.25, 0.3) is 0 Å². The number of aryl methyl sites for hydroxylation is 1. The van der Waals surface area contributed by atoms with E-state index in [9.17, 15) is 0 Å². The molecule has 3 nitrogen and oxygen atoms in total. The molecule has 2 N–H and O–H groups in total. The van der Waals surface area contributed by atoms with Crippen LogP contribution in [0.3, 0.4) is 0 Å². The number of aromatic nitrogens is 1. The van der Waals surface area contributed by atoms with Crippen LogP contribution in [-0.4, -0.2) is 28.4 Å². The van der Waals surface area contributed by atoms with E-state index >= 15 is 0 Å². The molecule has 0 unspecified atom stereocenters. The zero-order chi connectivity index (χ0) is 9.14. The maximum absolute atomic E-state index is 8.88. The van der Waals surface area contributed by atoms with E-state index in [1.165, 1.54) is 18.0 Å². The van der Waals surface area contributed by atoms with E-state index in [0.29, 0.717) is 5.46 Å². The van der Waals surface area contributed by atoms with Crippen LogP contribution in [0.1, 0.15) is 5.56 Å². The van der Waals surface area contributed by atoms with Gasteiger partial charge in [0, 0.05) is 11.7 Å². The van der Waals surface area contributed by atoms with Gasteiger partial charge in [-0.15, -0.1) is 11.8 Å². The second kappa shape index (κ2) is 3.93. The number of hydrogen-bond donors (Lipinski definition) is 2. The van der Waals surface area contributed by atoms with Crippen molar-refractivity contribution in [1.29, 1.82) is 0 Å². The zero-order valence-corrected chi connectivity index (χ0v) is 7.80. The van der Waals surface area contributed by atoms with Crippen molar-refractivity contribution >= 4 is 24.3 Å². The molecule has 0 aliphatic heterocycles. The van der Waals surface area contributed by atoms with Crippen LogP contribution in [0, 0.1) is 6.92 Å². The van der Waals surface area contributed by atoms with Crippen molar-refractivity contribution in [3.05, 3.63) is 17.8 Å². The van der Waals surface area contributed by atoms with Crippen LogP contribution in [0.5, 0.6) is 0 Å². The molecule has 0 aromatic carbocycles. The quantitative estimate of drug-likeness (QED) is 0.492. The maximum Gasteiger partial charge on any atom is 0.490 e. The maximum atomic E-state index is 8.88. The molecule has 0 amide bonds. The second-order valence-corrected chi connectivity index (χ2v) is 3.28. The van der Waals surface area contributed by atoms with Crippen LogP contribution in [0.2, 0.25) is 0 Å². The highest BCUT2D eigenvalue weighted by Gasteiger charge is 2.14. The molecule has 1 rings (SSSR count). The average molecular weight is 183 g/mol. The second-order valence-electron chi connectivity index (χ2n) is 2.46. The molecular weight excluding hydrogens is 173 g/mol. The summed E-state index contributed by atoms with van der Waals surface area (Å²) in [6.45, 7) is 1.83. The Kier molecular flexibility index (Phi) is 3.14. The van der Waals surface area contributed by atoms with Crippen LogP contribution in [-0.2, 0) is 0 Å². The zero-order valence-electron chi connectivity index (χ0n) is 6.98. The lowest BCUT2D eigenvalue weighted by Crippen LogP contribution is -2.32. The van der Waals surface area contributed by atoms with E-state index in [4.69, 9.17) is 10.0 Å². The van der Waals surface area contributed by atoms with Gasteiger partial charge in [-0.25, -0.2) is 0 Å². The molecule has 12 heavy (non-hydrogen) atoms. The van der Waals surface area contributed by atoms with Crippen molar-refractivity contribution in [1.82, 2.24) is 4.98 Å². The molecular formula is C7H10BNO2S. The molecule has 1 aromatic heterocycles. The van der Waals surface area contributed by atoms with E-state index < -0.39 is 7.12 Å². The Morgan fingerprint density at radius 2 is 2.17 bits per heavy atom. The average Bonchev–Trinajstić information content (AvgIpc) is 2.03. The van der Waals surface area contributed by atoms with Crippen LogP contribution >= 0.6 is 11.8 Å². The summed E-state index contributed by atoms with van der Waals surface area (Å²) in [6, 6.07) is 1.83. The first-order valence-electron chi connectivity index (χ1n) is 3.52. The van der Waals surface area contributed by atoms with Gasteiger partial charge in [0.05, 0.1) is 5.03 Å². The van der Waals surface area contributed by atoms with Gasteiger partial charge in [-0.3, -0.25) is 4.98 Å². The highest BCUT2D eigenvalue weighted by Crippen LogP contribution is 2.10. The molecule has 0 fully saturated rings. The highest BCUT2D eigenvalue weighted by molar-refractivity contribution is 7.98. The van der Waals surface area contributed by atoms with E-state index in [1.54, 1.807) is 0 Å². The van der Waals surface area contributed by atoms with Gasteiger partial charge >= 0.3 is 7.12 Å². The minimum atomic E-state index is -1.42. The number of pyridine rings is 1. The number of hydrogen-bond acceptors (Lipinski definition) is 4. The summed E-state index contributed by atoms with van der Waals surface area (Å²) in [5, 5.41) is 18.6. The Morgan fingerprint density at radius 1 is 1.50 bits per heavy atom. The minimum Gasteiger partial charge on any atom is -0.423 e. The molecule has 0 atom stereocenters. The van der Waals surface area contributed by atoms with E-state index in [-0.39, 0.29) is 0 Å². The van der Waals surface area contributed by atoms with Gasteiger partial charge in [0.15, 0.2) is 0 Å². The van der Waals surface area contributed by atoms with Crippen molar-refractivity contribution < 1.29 is 10.0 Å². The standard InChI is InChI=1S/C7H10BNO2S/c1-5-3-7(12-2)9-4-6(5)8(10)11/h3-4,10-11H,1-2H3. The molecule has 0 aliphatic rings. The van der Waals surface area contributed by atoms with Gasteiger partial charge in [0.25, 0.3) is 0 Å².